The van der Waals surface area contributed by atoms with E-state index in [1.165, 1.54) is 24.3 Å². The van der Waals surface area contributed by atoms with Crippen LogP contribution in [-0.2, 0) is 14.2 Å². The lowest BCUT2D eigenvalue weighted by atomic mass is 10.0. The predicted molar refractivity (Wildman–Crippen MR) is 100 cm³/mol. The smallest absolute Gasteiger partial charge is 0.410 e. The molecular weight excluding hydrogens is 368 g/mol. The number of piperidine rings is 1. The summed E-state index contributed by atoms with van der Waals surface area (Å²) >= 11 is 0. The molecule has 0 bridgehead atoms. The third-order valence-corrected chi connectivity index (χ3v) is 4.10. The first kappa shape index (κ1) is 21.6. The van der Waals surface area contributed by atoms with Crippen LogP contribution < -0.4 is 0 Å². The van der Waals surface area contributed by atoms with Crippen molar-refractivity contribution in [1.82, 2.24) is 4.90 Å². The van der Waals surface area contributed by atoms with E-state index in [9.17, 15) is 19.7 Å². The van der Waals surface area contributed by atoms with Gasteiger partial charge in [0.05, 0.1) is 17.0 Å². The van der Waals surface area contributed by atoms with Gasteiger partial charge in [0.2, 0.25) is 0 Å². The second-order valence-electron chi connectivity index (χ2n) is 7.46. The van der Waals surface area contributed by atoms with Gasteiger partial charge >= 0.3 is 12.1 Å². The fourth-order valence-corrected chi connectivity index (χ4v) is 2.82. The topological polar surface area (TPSA) is 108 Å². The molecule has 9 heteroatoms. The molecule has 2 rings (SSSR count). The van der Waals surface area contributed by atoms with Crippen LogP contribution in [0.3, 0.4) is 0 Å². The molecule has 2 atom stereocenters. The summed E-state index contributed by atoms with van der Waals surface area (Å²) in [6, 6.07) is 5.21. The summed E-state index contributed by atoms with van der Waals surface area (Å²) in [4.78, 5) is 36.4. The Kier molecular flexibility index (Phi) is 6.95. The molecule has 1 aromatic carbocycles. The highest BCUT2D eigenvalue weighted by molar-refractivity contribution is 5.89. The van der Waals surface area contributed by atoms with Crippen LogP contribution in [0.15, 0.2) is 24.3 Å². The first-order valence-corrected chi connectivity index (χ1v) is 9.15. The number of nitrogens with zero attached hydrogens (tertiary/aromatic N) is 2. The Morgan fingerprint density at radius 2 is 1.86 bits per heavy atom. The van der Waals surface area contributed by atoms with Crippen molar-refractivity contribution in [2.75, 3.05) is 19.7 Å². The van der Waals surface area contributed by atoms with Gasteiger partial charge in [-0.3, -0.25) is 10.1 Å². The molecule has 1 aliphatic heterocycles. The Labute approximate surface area is 163 Å². The van der Waals surface area contributed by atoms with Gasteiger partial charge in [0.1, 0.15) is 17.8 Å². The molecule has 9 nitrogen and oxygen atoms in total. The SMILES string of the molecule is CCOC1CN(C(=O)OC(C)(C)C)CCC1OC(=O)c1ccc([N+](=O)[O-])cc1. The maximum atomic E-state index is 12.4. The van der Waals surface area contributed by atoms with Crippen molar-refractivity contribution < 1.29 is 28.7 Å². The lowest BCUT2D eigenvalue weighted by Crippen LogP contribution is -2.52. The van der Waals surface area contributed by atoms with Gasteiger partial charge in [-0.25, -0.2) is 9.59 Å². The second kappa shape index (κ2) is 9.01. The van der Waals surface area contributed by atoms with E-state index in [-0.39, 0.29) is 17.8 Å². The fourth-order valence-electron chi connectivity index (χ4n) is 2.82. The largest absolute Gasteiger partial charge is 0.456 e. The Morgan fingerprint density at radius 1 is 1.21 bits per heavy atom. The Bertz CT molecular complexity index is 712. The summed E-state index contributed by atoms with van der Waals surface area (Å²) in [7, 11) is 0. The highest BCUT2D eigenvalue weighted by Crippen LogP contribution is 2.22. The van der Waals surface area contributed by atoms with E-state index >= 15 is 0 Å². The zero-order chi connectivity index (χ0) is 20.9. The summed E-state index contributed by atoms with van der Waals surface area (Å²) in [6.07, 6.45) is -1.03. The molecule has 2 unspecified atom stereocenters. The number of nitro groups is 1. The number of rotatable bonds is 5. The summed E-state index contributed by atoms with van der Waals surface area (Å²) in [5.41, 5.74) is -0.484. The van der Waals surface area contributed by atoms with Gasteiger partial charge in [-0.15, -0.1) is 0 Å². The number of likely N-dealkylation sites (tertiary alicyclic amines) is 1. The molecule has 0 saturated carbocycles. The number of nitro benzene ring substituents is 1. The Hall–Kier alpha value is -2.68. The molecule has 28 heavy (non-hydrogen) atoms. The molecule has 1 amide bonds. The summed E-state index contributed by atoms with van der Waals surface area (Å²) in [6.45, 7) is 8.23. The van der Waals surface area contributed by atoms with Gasteiger partial charge < -0.3 is 19.1 Å². The number of ether oxygens (including phenoxy) is 3. The maximum Gasteiger partial charge on any atom is 0.410 e. The molecule has 1 aliphatic rings. The van der Waals surface area contributed by atoms with Crippen LogP contribution in [0.1, 0.15) is 44.5 Å². The molecule has 1 heterocycles. The van der Waals surface area contributed by atoms with E-state index in [1.807, 2.05) is 6.92 Å². The molecule has 0 radical (unpaired) electrons. The fraction of sp³-hybridized carbons (Fsp3) is 0.579. The molecule has 0 aliphatic carbocycles. The zero-order valence-electron chi connectivity index (χ0n) is 16.5. The Balaban J connectivity index is 2.01. The number of carbonyl (C=O) groups excluding carboxylic acids is 2. The van der Waals surface area contributed by atoms with Crippen LogP contribution in [0.5, 0.6) is 0 Å². The van der Waals surface area contributed by atoms with Crippen LogP contribution in [0.4, 0.5) is 10.5 Å². The van der Waals surface area contributed by atoms with Crippen LogP contribution in [-0.4, -0.2) is 59.4 Å². The van der Waals surface area contributed by atoms with Crippen LogP contribution >= 0.6 is 0 Å². The van der Waals surface area contributed by atoms with Crippen molar-refractivity contribution in [1.29, 1.82) is 0 Å². The van der Waals surface area contributed by atoms with Gasteiger partial charge in [0.15, 0.2) is 0 Å². The van der Waals surface area contributed by atoms with Crippen LogP contribution in [0.25, 0.3) is 0 Å². The van der Waals surface area contributed by atoms with Crippen molar-refractivity contribution in [2.24, 2.45) is 0 Å². The van der Waals surface area contributed by atoms with E-state index < -0.39 is 34.8 Å². The minimum Gasteiger partial charge on any atom is -0.456 e. The molecule has 0 spiro atoms. The standard InChI is InChI=1S/C19H26N2O7/c1-5-26-16-12-20(18(23)28-19(2,3)4)11-10-15(16)27-17(22)13-6-8-14(9-7-13)21(24)25/h6-9,15-16H,5,10-12H2,1-4H3. The number of hydrogen-bond donors (Lipinski definition) is 0. The second-order valence-corrected chi connectivity index (χ2v) is 7.46. The van der Waals surface area contributed by atoms with E-state index in [0.29, 0.717) is 19.6 Å². The number of benzene rings is 1. The minimum atomic E-state index is -0.600. The normalized spacial score (nSPS) is 19.8. The average molecular weight is 394 g/mol. The van der Waals surface area contributed by atoms with E-state index in [4.69, 9.17) is 14.2 Å². The van der Waals surface area contributed by atoms with Crippen molar-refractivity contribution >= 4 is 17.7 Å². The first-order chi connectivity index (χ1) is 13.1. The summed E-state index contributed by atoms with van der Waals surface area (Å²) in [5.74, 6) is -0.588. The van der Waals surface area contributed by atoms with Gasteiger partial charge in [0, 0.05) is 31.7 Å². The first-order valence-electron chi connectivity index (χ1n) is 9.15. The van der Waals surface area contributed by atoms with Crippen molar-refractivity contribution in [3.8, 4) is 0 Å². The number of carbonyl (C=O) groups is 2. The zero-order valence-corrected chi connectivity index (χ0v) is 16.5. The quantitative estimate of drug-likeness (QED) is 0.429. The predicted octanol–water partition coefficient (Wildman–Crippen LogP) is 3.17. The Morgan fingerprint density at radius 3 is 2.39 bits per heavy atom. The number of amides is 1. The van der Waals surface area contributed by atoms with E-state index in [2.05, 4.69) is 0 Å². The molecule has 154 valence electrons. The van der Waals surface area contributed by atoms with Gasteiger partial charge in [-0.1, -0.05) is 0 Å². The number of non-ortho nitro benzene ring substituents is 1. The molecule has 0 N–H and O–H groups in total. The molecular formula is C19H26N2O7. The molecule has 1 aromatic rings. The third-order valence-electron chi connectivity index (χ3n) is 4.10. The highest BCUT2D eigenvalue weighted by Gasteiger charge is 2.36. The number of hydrogen-bond acceptors (Lipinski definition) is 7. The summed E-state index contributed by atoms with van der Waals surface area (Å²) in [5, 5.41) is 10.7. The maximum absolute atomic E-state index is 12.4. The van der Waals surface area contributed by atoms with Gasteiger partial charge in [-0.05, 0) is 39.8 Å². The third kappa shape index (κ3) is 5.91. The molecule has 1 fully saturated rings. The van der Waals surface area contributed by atoms with E-state index in [1.54, 1.807) is 25.7 Å². The summed E-state index contributed by atoms with van der Waals surface area (Å²) < 4.78 is 16.6. The lowest BCUT2D eigenvalue weighted by molar-refractivity contribution is -0.384. The monoisotopic (exact) mass is 394 g/mol. The number of esters is 1. The average Bonchev–Trinajstić information content (AvgIpc) is 2.62. The van der Waals surface area contributed by atoms with Crippen molar-refractivity contribution in [3.63, 3.8) is 0 Å². The lowest BCUT2D eigenvalue weighted by Gasteiger charge is -2.38. The van der Waals surface area contributed by atoms with Gasteiger partial charge in [-0.2, -0.15) is 0 Å². The van der Waals surface area contributed by atoms with Crippen LogP contribution in [0.2, 0.25) is 0 Å². The molecule has 1 saturated heterocycles. The van der Waals surface area contributed by atoms with Crippen molar-refractivity contribution in [3.05, 3.63) is 39.9 Å². The van der Waals surface area contributed by atoms with Crippen molar-refractivity contribution in [2.45, 2.75) is 51.9 Å². The highest BCUT2D eigenvalue weighted by atomic mass is 16.6. The van der Waals surface area contributed by atoms with Gasteiger partial charge in [0.25, 0.3) is 5.69 Å². The van der Waals surface area contributed by atoms with Crippen LogP contribution in [0, 0.1) is 10.1 Å². The molecule has 0 aromatic heterocycles. The van der Waals surface area contributed by atoms with E-state index in [0.717, 1.165) is 0 Å². The minimum absolute atomic E-state index is 0.102.